The minimum Gasteiger partial charge on any atom is -0.394 e. The summed E-state index contributed by atoms with van der Waals surface area (Å²) in [5.41, 5.74) is 2.24. The lowest BCUT2D eigenvalue weighted by Gasteiger charge is -2.26. The first-order chi connectivity index (χ1) is 6.31. The third-order valence-electron chi connectivity index (χ3n) is 2.44. The van der Waals surface area contributed by atoms with Gasteiger partial charge in [0.1, 0.15) is 0 Å². The molecule has 0 amide bonds. The van der Waals surface area contributed by atoms with Gasteiger partial charge in [-0.25, -0.2) is 0 Å². The molecule has 0 unspecified atom stereocenters. The maximum atomic E-state index is 8.99. The van der Waals surface area contributed by atoms with Crippen molar-refractivity contribution in [1.82, 2.24) is 0 Å². The minimum atomic E-state index is 0.186. The summed E-state index contributed by atoms with van der Waals surface area (Å²) in [6.45, 7) is 0.186. The Morgan fingerprint density at radius 2 is 2.38 bits per heavy atom. The zero-order chi connectivity index (χ0) is 9.26. The van der Waals surface area contributed by atoms with Crippen LogP contribution in [0.3, 0.4) is 0 Å². The van der Waals surface area contributed by atoms with E-state index in [2.05, 4.69) is 5.32 Å². The number of fused-ring (bicyclic) bond motifs is 1. The molecule has 0 radical (unpaired) electrons. The summed E-state index contributed by atoms with van der Waals surface area (Å²) in [5.74, 6) is 0. The van der Waals surface area contributed by atoms with Crippen LogP contribution < -0.4 is 5.32 Å². The highest BCUT2D eigenvalue weighted by Crippen LogP contribution is 2.30. The van der Waals surface area contributed by atoms with Crippen LogP contribution in [0, 0.1) is 0 Å². The van der Waals surface area contributed by atoms with Crippen molar-refractivity contribution in [3.63, 3.8) is 0 Å². The quantitative estimate of drug-likeness (QED) is 0.723. The van der Waals surface area contributed by atoms with Crippen LogP contribution in [0.2, 0.25) is 5.02 Å². The standard InChI is InChI=1S/C10H12ClNO/c11-9-2-1-3-10-8(9)5-4-7(6-13)12-10/h1-3,7,12-13H,4-6H2/t7-/m1/s1. The number of hydrogen-bond acceptors (Lipinski definition) is 2. The van der Waals surface area contributed by atoms with Crippen LogP contribution in [0.15, 0.2) is 18.2 Å². The second kappa shape index (κ2) is 3.56. The SMILES string of the molecule is OC[C@H]1CCc2c(Cl)cccc2N1. The summed E-state index contributed by atoms with van der Waals surface area (Å²) >= 11 is 6.03. The summed E-state index contributed by atoms with van der Waals surface area (Å²) in [5, 5.41) is 13.1. The van der Waals surface area contributed by atoms with Crippen molar-refractivity contribution in [2.45, 2.75) is 18.9 Å². The Morgan fingerprint density at radius 3 is 3.15 bits per heavy atom. The molecular formula is C10H12ClNO. The van der Waals surface area contributed by atoms with Gasteiger partial charge in [0.05, 0.1) is 6.61 Å². The summed E-state index contributed by atoms with van der Waals surface area (Å²) in [7, 11) is 0. The van der Waals surface area contributed by atoms with Crippen LogP contribution in [-0.2, 0) is 6.42 Å². The molecular weight excluding hydrogens is 186 g/mol. The van der Waals surface area contributed by atoms with E-state index in [1.165, 1.54) is 5.56 Å². The molecule has 1 atom stereocenters. The Morgan fingerprint density at radius 1 is 1.54 bits per heavy atom. The second-order valence-electron chi connectivity index (χ2n) is 3.33. The smallest absolute Gasteiger partial charge is 0.0632 e. The number of hydrogen-bond donors (Lipinski definition) is 2. The van der Waals surface area contributed by atoms with Gasteiger partial charge in [0.15, 0.2) is 0 Å². The van der Waals surface area contributed by atoms with E-state index in [4.69, 9.17) is 16.7 Å². The predicted octanol–water partition coefficient (Wildman–Crippen LogP) is 2.06. The first kappa shape index (κ1) is 8.85. The molecule has 1 heterocycles. The Kier molecular flexibility index (Phi) is 2.42. The molecule has 3 heteroatoms. The number of aliphatic hydroxyl groups is 1. The highest BCUT2D eigenvalue weighted by atomic mass is 35.5. The molecule has 0 spiro atoms. The Labute approximate surface area is 82.5 Å². The van der Waals surface area contributed by atoms with Gasteiger partial charge < -0.3 is 10.4 Å². The maximum Gasteiger partial charge on any atom is 0.0632 e. The molecule has 1 aromatic rings. The summed E-state index contributed by atoms with van der Waals surface area (Å²) in [6, 6.07) is 6.02. The molecule has 13 heavy (non-hydrogen) atoms. The molecule has 2 rings (SSSR count). The molecule has 1 aromatic carbocycles. The third-order valence-corrected chi connectivity index (χ3v) is 2.80. The van der Waals surface area contributed by atoms with E-state index >= 15 is 0 Å². The largest absolute Gasteiger partial charge is 0.394 e. The van der Waals surface area contributed by atoms with Crippen molar-refractivity contribution in [1.29, 1.82) is 0 Å². The van der Waals surface area contributed by atoms with Gasteiger partial charge in [0, 0.05) is 16.8 Å². The van der Waals surface area contributed by atoms with E-state index in [9.17, 15) is 0 Å². The van der Waals surface area contributed by atoms with Gasteiger partial charge in [-0.1, -0.05) is 17.7 Å². The van der Waals surface area contributed by atoms with Crippen LogP contribution in [0.5, 0.6) is 0 Å². The fraction of sp³-hybridized carbons (Fsp3) is 0.400. The van der Waals surface area contributed by atoms with Gasteiger partial charge in [-0.2, -0.15) is 0 Å². The number of halogens is 1. The minimum absolute atomic E-state index is 0.186. The van der Waals surface area contributed by atoms with Crippen LogP contribution in [0.25, 0.3) is 0 Å². The number of benzene rings is 1. The number of aliphatic hydroxyl groups excluding tert-OH is 1. The fourth-order valence-electron chi connectivity index (χ4n) is 1.70. The average molecular weight is 198 g/mol. The molecule has 70 valence electrons. The summed E-state index contributed by atoms with van der Waals surface area (Å²) < 4.78 is 0. The van der Waals surface area contributed by atoms with Gasteiger partial charge in [0.2, 0.25) is 0 Å². The van der Waals surface area contributed by atoms with Crippen molar-refractivity contribution in [3.05, 3.63) is 28.8 Å². The summed E-state index contributed by atoms with van der Waals surface area (Å²) in [6.07, 6.45) is 1.90. The molecule has 0 aromatic heterocycles. The molecule has 0 bridgehead atoms. The van der Waals surface area contributed by atoms with Gasteiger partial charge in [0.25, 0.3) is 0 Å². The Bertz CT molecular complexity index is 314. The van der Waals surface area contributed by atoms with E-state index < -0.39 is 0 Å². The summed E-state index contributed by atoms with van der Waals surface area (Å²) in [4.78, 5) is 0. The Balaban J connectivity index is 2.31. The van der Waals surface area contributed by atoms with Crippen molar-refractivity contribution in [2.24, 2.45) is 0 Å². The first-order valence-corrected chi connectivity index (χ1v) is 4.84. The van der Waals surface area contributed by atoms with Gasteiger partial charge >= 0.3 is 0 Å². The van der Waals surface area contributed by atoms with Crippen LogP contribution in [0.1, 0.15) is 12.0 Å². The number of anilines is 1. The van der Waals surface area contributed by atoms with E-state index in [0.29, 0.717) is 0 Å². The number of rotatable bonds is 1. The van der Waals surface area contributed by atoms with Crippen LogP contribution >= 0.6 is 11.6 Å². The molecule has 2 nitrogen and oxygen atoms in total. The normalized spacial score (nSPS) is 20.6. The van der Waals surface area contributed by atoms with Gasteiger partial charge in [-0.3, -0.25) is 0 Å². The van der Waals surface area contributed by atoms with E-state index in [1.807, 2.05) is 18.2 Å². The van der Waals surface area contributed by atoms with Crippen molar-refractivity contribution in [3.8, 4) is 0 Å². The lowest BCUT2D eigenvalue weighted by molar-refractivity contribution is 0.267. The molecule has 0 fully saturated rings. The van der Waals surface area contributed by atoms with Gasteiger partial charge in [-0.15, -0.1) is 0 Å². The van der Waals surface area contributed by atoms with Crippen LogP contribution in [-0.4, -0.2) is 17.8 Å². The topological polar surface area (TPSA) is 32.3 Å². The zero-order valence-corrected chi connectivity index (χ0v) is 8.01. The zero-order valence-electron chi connectivity index (χ0n) is 7.26. The highest BCUT2D eigenvalue weighted by molar-refractivity contribution is 6.31. The van der Waals surface area contributed by atoms with Crippen molar-refractivity contribution < 1.29 is 5.11 Å². The van der Waals surface area contributed by atoms with Gasteiger partial charge in [-0.05, 0) is 30.5 Å². The molecule has 2 N–H and O–H groups in total. The molecule has 1 aliphatic rings. The molecule has 0 saturated carbocycles. The highest BCUT2D eigenvalue weighted by Gasteiger charge is 2.17. The monoisotopic (exact) mass is 197 g/mol. The lowest BCUT2D eigenvalue weighted by Crippen LogP contribution is -2.28. The van der Waals surface area contributed by atoms with Crippen molar-refractivity contribution in [2.75, 3.05) is 11.9 Å². The molecule has 1 aliphatic heterocycles. The van der Waals surface area contributed by atoms with E-state index in [0.717, 1.165) is 23.6 Å². The third kappa shape index (κ3) is 1.64. The van der Waals surface area contributed by atoms with Crippen molar-refractivity contribution >= 4 is 17.3 Å². The maximum absolute atomic E-state index is 8.99. The average Bonchev–Trinajstić information content (AvgIpc) is 2.18. The number of nitrogens with one attached hydrogen (secondary N) is 1. The fourth-order valence-corrected chi connectivity index (χ4v) is 1.96. The Hall–Kier alpha value is -0.730. The predicted molar refractivity (Wildman–Crippen MR) is 54.3 cm³/mol. The van der Waals surface area contributed by atoms with Crippen LogP contribution in [0.4, 0.5) is 5.69 Å². The first-order valence-electron chi connectivity index (χ1n) is 4.46. The molecule has 0 aliphatic carbocycles. The second-order valence-corrected chi connectivity index (χ2v) is 3.74. The lowest BCUT2D eigenvalue weighted by atomic mass is 9.98. The van der Waals surface area contributed by atoms with E-state index in [-0.39, 0.29) is 12.6 Å². The van der Waals surface area contributed by atoms with E-state index in [1.54, 1.807) is 0 Å². The molecule has 0 saturated heterocycles.